The van der Waals surface area contributed by atoms with Gasteiger partial charge in [0.1, 0.15) is 0 Å². The molecule has 18 heavy (non-hydrogen) atoms. The Hall–Kier alpha value is -1.82. The van der Waals surface area contributed by atoms with Gasteiger partial charge in [-0.2, -0.15) is 0 Å². The van der Waals surface area contributed by atoms with E-state index in [2.05, 4.69) is 15.9 Å². The number of fused-ring (bicyclic) bond motifs is 1. The van der Waals surface area contributed by atoms with E-state index in [-0.39, 0.29) is 11.6 Å². The van der Waals surface area contributed by atoms with Crippen molar-refractivity contribution in [2.75, 3.05) is 14.1 Å². The van der Waals surface area contributed by atoms with E-state index in [1.165, 1.54) is 15.7 Å². The van der Waals surface area contributed by atoms with Crippen LogP contribution in [0.2, 0.25) is 0 Å². The normalized spacial score (nSPS) is 10.6. The van der Waals surface area contributed by atoms with Crippen LogP contribution in [0, 0.1) is 0 Å². The summed E-state index contributed by atoms with van der Waals surface area (Å²) in [7, 11) is 3.24. The number of carbonyl (C=O) groups is 2. The molecule has 6 heteroatoms. The molecule has 1 aromatic carbocycles. The lowest BCUT2D eigenvalue weighted by molar-refractivity contribution is 0.0699. The second kappa shape index (κ2) is 4.45. The van der Waals surface area contributed by atoms with Gasteiger partial charge in [0.05, 0.1) is 11.1 Å². The summed E-state index contributed by atoms with van der Waals surface area (Å²) in [6, 6.07) is 4.94. The molecule has 0 saturated carbocycles. The average Bonchev–Trinajstić information content (AvgIpc) is 2.69. The number of benzene rings is 1. The molecule has 1 amide bonds. The number of amides is 1. The van der Waals surface area contributed by atoms with Crippen LogP contribution in [0.5, 0.6) is 0 Å². The van der Waals surface area contributed by atoms with E-state index in [9.17, 15) is 14.7 Å². The highest BCUT2D eigenvalue weighted by molar-refractivity contribution is 9.10. The third kappa shape index (κ3) is 1.88. The summed E-state index contributed by atoms with van der Waals surface area (Å²) in [5.74, 6) is -1.06. The molecule has 0 fully saturated rings. The minimum Gasteiger partial charge on any atom is -0.478 e. The summed E-state index contributed by atoms with van der Waals surface area (Å²) in [5, 5.41) is 9.71. The Bertz CT molecular complexity index is 646. The van der Waals surface area contributed by atoms with Crippen molar-refractivity contribution in [1.82, 2.24) is 9.47 Å². The van der Waals surface area contributed by atoms with Crippen molar-refractivity contribution in [1.29, 1.82) is 0 Å². The molecule has 0 aliphatic carbocycles. The number of hydrogen-bond acceptors (Lipinski definition) is 2. The van der Waals surface area contributed by atoms with E-state index < -0.39 is 5.97 Å². The van der Waals surface area contributed by atoms with E-state index in [4.69, 9.17) is 0 Å². The molecule has 1 N–H and O–H groups in total. The van der Waals surface area contributed by atoms with Gasteiger partial charge in [-0.1, -0.05) is 22.0 Å². The number of hydrogen-bond donors (Lipinski definition) is 1. The second-order valence-corrected chi connectivity index (χ2v) is 4.88. The van der Waals surface area contributed by atoms with Crippen molar-refractivity contribution in [3.8, 4) is 0 Å². The van der Waals surface area contributed by atoms with E-state index >= 15 is 0 Å². The molecule has 94 valence electrons. The summed E-state index contributed by atoms with van der Waals surface area (Å²) < 4.78 is 1.99. The molecule has 0 bridgehead atoms. The summed E-state index contributed by atoms with van der Waals surface area (Å²) in [4.78, 5) is 24.6. The van der Waals surface area contributed by atoms with Gasteiger partial charge < -0.3 is 10.0 Å². The minimum atomic E-state index is -1.06. The third-order valence-electron chi connectivity index (χ3n) is 2.60. The standard InChI is InChI=1S/C12H11BrN2O3/c1-14(2)12(18)15-6-7(11(16)17)10-8(13)4-3-5-9(10)15/h3-6H,1-2H3,(H,16,17). The maximum atomic E-state index is 12.0. The Labute approximate surface area is 112 Å². The van der Waals surface area contributed by atoms with Crippen LogP contribution in [0.15, 0.2) is 28.9 Å². The molecule has 0 unspecified atom stereocenters. The Balaban J connectivity index is 2.81. The van der Waals surface area contributed by atoms with Crippen molar-refractivity contribution in [2.45, 2.75) is 0 Å². The summed E-state index contributed by atoms with van der Waals surface area (Å²) in [5.41, 5.74) is 0.674. The lowest BCUT2D eigenvalue weighted by Crippen LogP contribution is -2.26. The summed E-state index contributed by atoms with van der Waals surface area (Å²) in [6.45, 7) is 0. The van der Waals surface area contributed by atoms with Gasteiger partial charge in [0.15, 0.2) is 0 Å². The quantitative estimate of drug-likeness (QED) is 0.880. The first kappa shape index (κ1) is 12.6. The van der Waals surface area contributed by atoms with Crippen molar-refractivity contribution in [3.05, 3.63) is 34.4 Å². The van der Waals surface area contributed by atoms with Crippen LogP contribution in [0.1, 0.15) is 10.4 Å². The van der Waals surface area contributed by atoms with Crippen molar-refractivity contribution < 1.29 is 14.7 Å². The van der Waals surface area contributed by atoms with Gasteiger partial charge in [-0.15, -0.1) is 0 Å². The van der Waals surface area contributed by atoms with Gasteiger partial charge in [-0.05, 0) is 12.1 Å². The van der Waals surface area contributed by atoms with Gasteiger partial charge in [0.2, 0.25) is 0 Å². The highest BCUT2D eigenvalue weighted by atomic mass is 79.9. The molecule has 0 atom stereocenters. The second-order valence-electron chi connectivity index (χ2n) is 4.03. The highest BCUT2D eigenvalue weighted by Crippen LogP contribution is 2.29. The predicted octanol–water partition coefficient (Wildman–Crippen LogP) is 2.63. The van der Waals surface area contributed by atoms with Gasteiger partial charge in [0, 0.05) is 30.2 Å². The highest BCUT2D eigenvalue weighted by Gasteiger charge is 2.20. The Morgan fingerprint density at radius 2 is 2.00 bits per heavy atom. The molecule has 0 saturated heterocycles. The third-order valence-corrected chi connectivity index (χ3v) is 3.26. The lowest BCUT2D eigenvalue weighted by Gasteiger charge is -2.11. The number of carboxylic acid groups (broad SMARTS) is 1. The molecular formula is C12H11BrN2O3. The Morgan fingerprint density at radius 3 is 2.56 bits per heavy atom. The predicted molar refractivity (Wildman–Crippen MR) is 71.1 cm³/mol. The van der Waals surface area contributed by atoms with E-state index in [0.717, 1.165) is 0 Å². The van der Waals surface area contributed by atoms with Gasteiger partial charge in [0.25, 0.3) is 0 Å². The smallest absolute Gasteiger partial charge is 0.337 e. The molecule has 0 spiro atoms. The zero-order valence-electron chi connectivity index (χ0n) is 9.85. The Kier molecular flexibility index (Phi) is 3.13. The van der Waals surface area contributed by atoms with Gasteiger partial charge in [-0.3, -0.25) is 4.57 Å². The minimum absolute atomic E-state index is 0.104. The van der Waals surface area contributed by atoms with Crippen LogP contribution >= 0.6 is 15.9 Å². The average molecular weight is 311 g/mol. The van der Waals surface area contributed by atoms with Crippen LogP contribution in [0.3, 0.4) is 0 Å². The SMILES string of the molecule is CN(C)C(=O)n1cc(C(=O)O)c2c(Br)cccc21. The molecule has 1 aromatic heterocycles. The molecule has 2 rings (SSSR count). The number of carbonyl (C=O) groups excluding carboxylic acids is 1. The zero-order chi connectivity index (χ0) is 13.4. The van der Waals surface area contributed by atoms with Crippen molar-refractivity contribution in [2.24, 2.45) is 0 Å². The first-order valence-corrected chi connectivity index (χ1v) is 5.97. The molecule has 0 radical (unpaired) electrons. The van der Waals surface area contributed by atoms with Crippen LogP contribution in [0.25, 0.3) is 10.9 Å². The Morgan fingerprint density at radius 1 is 1.33 bits per heavy atom. The maximum Gasteiger partial charge on any atom is 0.337 e. The van der Waals surface area contributed by atoms with Gasteiger partial charge >= 0.3 is 12.0 Å². The van der Waals surface area contributed by atoms with E-state index in [1.807, 2.05) is 0 Å². The van der Waals surface area contributed by atoms with Crippen LogP contribution in [-0.4, -0.2) is 40.7 Å². The van der Waals surface area contributed by atoms with E-state index in [1.54, 1.807) is 32.3 Å². The maximum absolute atomic E-state index is 12.0. The van der Waals surface area contributed by atoms with Crippen LogP contribution in [0.4, 0.5) is 4.79 Å². The molecular weight excluding hydrogens is 300 g/mol. The molecule has 0 aliphatic heterocycles. The lowest BCUT2D eigenvalue weighted by atomic mass is 10.2. The number of carboxylic acids is 1. The van der Waals surface area contributed by atoms with Crippen LogP contribution < -0.4 is 0 Å². The largest absolute Gasteiger partial charge is 0.478 e. The number of aromatic carboxylic acids is 1. The number of aromatic nitrogens is 1. The van der Waals surface area contributed by atoms with Crippen molar-refractivity contribution in [3.63, 3.8) is 0 Å². The fourth-order valence-electron chi connectivity index (χ4n) is 1.78. The first-order valence-electron chi connectivity index (χ1n) is 5.18. The van der Waals surface area contributed by atoms with Gasteiger partial charge in [-0.25, -0.2) is 9.59 Å². The van der Waals surface area contributed by atoms with E-state index in [0.29, 0.717) is 15.4 Å². The fraction of sp³-hybridized carbons (Fsp3) is 0.167. The molecule has 1 heterocycles. The molecule has 2 aromatic rings. The number of halogens is 1. The van der Waals surface area contributed by atoms with Crippen molar-refractivity contribution >= 4 is 38.8 Å². The zero-order valence-corrected chi connectivity index (χ0v) is 11.4. The fourth-order valence-corrected chi connectivity index (χ4v) is 2.35. The first-order chi connectivity index (χ1) is 8.43. The summed E-state index contributed by atoms with van der Waals surface area (Å²) >= 11 is 3.31. The monoisotopic (exact) mass is 310 g/mol. The van der Waals surface area contributed by atoms with Crippen LogP contribution in [-0.2, 0) is 0 Å². The molecule has 0 aliphatic rings. The number of nitrogens with zero attached hydrogens (tertiary/aromatic N) is 2. The number of rotatable bonds is 1. The summed E-state index contributed by atoms with van der Waals surface area (Å²) in [6.07, 6.45) is 1.35. The molecule has 5 nitrogen and oxygen atoms in total. The topological polar surface area (TPSA) is 62.5 Å².